The van der Waals surface area contributed by atoms with E-state index >= 15 is 0 Å². The van der Waals surface area contributed by atoms with Crippen LogP contribution in [0.25, 0.3) is 0 Å². The Hall–Kier alpha value is -2.75. The Morgan fingerprint density at radius 2 is 1.12 bits per heavy atom. The van der Waals surface area contributed by atoms with Crippen LogP contribution in [0.2, 0.25) is 0 Å². The zero-order chi connectivity index (χ0) is 26.3. The van der Waals surface area contributed by atoms with Gasteiger partial charge >= 0.3 is 47.7 Å². The molecule has 1 aromatic rings. The number of carboxylic acids is 1. The molecule has 0 aliphatic rings. The average molecular weight is 512 g/mol. The van der Waals surface area contributed by atoms with E-state index in [0.29, 0.717) is 0 Å². The molecule has 17 heteroatoms. The molecule has 0 aromatic heterocycles. The molecule has 1 rings (SSSR count). The van der Waals surface area contributed by atoms with Crippen LogP contribution in [0.4, 0.5) is 57.1 Å². The van der Waals surface area contributed by atoms with Gasteiger partial charge in [0.1, 0.15) is 0 Å². The Bertz CT molecular complexity index is 893. The van der Waals surface area contributed by atoms with Crippen LogP contribution in [0.1, 0.15) is 27.1 Å². The van der Waals surface area contributed by atoms with Gasteiger partial charge in [-0.25, -0.2) is 9.59 Å². The number of esters is 1. The highest BCUT2D eigenvalue weighted by Gasteiger charge is 2.90. The van der Waals surface area contributed by atoms with Gasteiger partial charge in [0.15, 0.2) is 0 Å². The minimum Gasteiger partial charge on any atom is -0.478 e. The van der Waals surface area contributed by atoms with E-state index in [2.05, 4.69) is 4.74 Å². The highest BCUT2D eigenvalue weighted by Crippen LogP contribution is 2.60. The molecule has 33 heavy (non-hydrogen) atoms. The highest BCUT2D eigenvalue weighted by atomic mass is 19.4. The van der Waals surface area contributed by atoms with Gasteiger partial charge in [-0.3, -0.25) is 0 Å². The fourth-order valence-electron chi connectivity index (χ4n) is 2.16. The predicted octanol–water partition coefficient (Wildman–Crippen LogP) is 5.67. The molecule has 0 saturated heterocycles. The number of carbonyl (C=O) groups excluding carboxylic acids is 1. The molecule has 4 nitrogen and oxygen atoms in total. The van der Waals surface area contributed by atoms with Gasteiger partial charge in [-0.15, -0.1) is 0 Å². The molecule has 188 valence electrons. The number of ether oxygens (including phenoxy) is 1. The van der Waals surface area contributed by atoms with Gasteiger partial charge in [0.2, 0.25) is 0 Å². The molecule has 0 unspecified atom stereocenters. The molecule has 0 atom stereocenters. The molecule has 0 aliphatic heterocycles. The first-order chi connectivity index (χ1) is 14.6. The third kappa shape index (κ3) is 4.66. The number of carbonyl (C=O) groups is 2. The van der Waals surface area contributed by atoms with Crippen molar-refractivity contribution in [1.29, 1.82) is 0 Å². The van der Waals surface area contributed by atoms with Crippen molar-refractivity contribution in [2.45, 2.75) is 42.2 Å². The number of aromatic carboxylic acids is 1. The molecule has 1 N–H and O–H groups in total. The lowest BCUT2D eigenvalue weighted by atomic mass is 9.93. The molecule has 0 bridgehead atoms. The maximum absolute atomic E-state index is 13.6. The van der Waals surface area contributed by atoms with Gasteiger partial charge in [0.25, 0.3) is 0 Å². The Morgan fingerprint density at radius 1 is 0.697 bits per heavy atom. The first-order valence-electron chi connectivity index (χ1n) is 8.01. The van der Waals surface area contributed by atoms with Gasteiger partial charge in [0, 0.05) is 0 Å². The van der Waals surface area contributed by atoms with Crippen molar-refractivity contribution in [2.75, 3.05) is 6.61 Å². The lowest BCUT2D eigenvalue weighted by Crippen LogP contribution is -2.70. The summed E-state index contributed by atoms with van der Waals surface area (Å²) >= 11 is 0. The average Bonchev–Trinajstić information content (AvgIpc) is 2.66. The summed E-state index contributed by atoms with van der Waals surface area (Å²) in [5.74, 6) is -41.2. The van der Waals surface area contributed by atoms with Gasteiger partial charge in [-0.05, 0) is 12.1 Å². The van der Waals surface area contributed by atoms with E-state index < -0.39 is 71.9 Å². The summed E-state index contributed by atoms with van der Waals surface area (Å²) in [6.45, 7) is -1.98. The van der Waals surface area contributed by atoms with E-state index in [0.717, 1.165) is 24.3 Å². The summed E-state index contributed by atoms with van der Waals surface area (Å²) in [6, 6.07) is 3.70. The predicted molar refractivity (Wildman–Crippen MR) is 79.1 cm³/mol. The van der Waals surface area contributed by atoms with Crippen molar-refractivity contribution < 1.29 is 76.5 Å². The molecule has 0 heterocycles. The smallest absolute Gasteiger partial charge is 0.460 e. The van der Waals surface area contributed by atoms with Crippen LogP contribution in [0.3, 0.4) is 0 Å². The van der Waals surface area contributed by atoms with Crippen molar-refractivity contribution in [1.82, 2.24) is 0 Å². The minimum absolute atomic E-state index is 0.756. The molecular weight excluding hydrogens is 503 g/mol. The SMILES string of the molecule is O=C(O)c1ccccc1C(=O)OCCC(F)(F)C(F)(F)C(F)(F)C(F)(F)C(F)(F)C(F)(F)F. The third-order valence-electron chi connectivity index (χ3n) is 4.02. The Morgan fingerprint density at radius 3 is 1.55 bits per heavy atom. The molecule has 0 spiro atoms. The van der Waals surface area contributed by atoms with Crippen LogP contribution >= 0.6 is 0 Å². The summed E-state index contributed by atoms with van der Waals surface area (Å²) in [5.41, 5.74) is -1.61. The van der Waals surface area contributed by atoms with Gasteiger partial charge in [-0.1, -0.05) is 12.1 Å². The second kappa shape index (κ2) is 8.55. The Kier molecular flexibility index (Phi) is 7.33. The van der Waals surface area contributed by atoms with E-state index in [9.17, 15) is 66.7 Å². The molecular formula is C16H9F13O4. The highest BCUT2D eigenvalue weighted by molar-refractivity contribution is 6.02. The largest absolute Gasteiger partial charge is 0.478 e. The number of rotatable bonds is 9. The first-order valence-corrected chi connectivity index (χ1v) is 8.01. The topological polar surface area (TPSA) is 63.6 Å². The minimum atomic E-state index is -8.03. The number of carboxylic acid groups (broad SMARTS) is 1. The van der Waals surface area contributed by atoms with Crippen LogP contribution < -0.4 is 0 Å². The van der Waals surface area contributed by atoms with Gasteiger partial charge in [0.05, 0.1) is 24.2 Å². The number of halogens is 13. The van der Waals surface area contributed by atoms with E-state index in [1.54, 1.807) is 0 Å². The lowest BCUT2D eigenvalue weighted by Gasteiger charge is -2.39. The zero-order valence-electron chi connectivity index (χ0n) is 15.3. The van der Waals surface area contributed by atoms with Crippen LogP contribution in [0, 0.1) is 0 Å². The monoisotopic (exact) mass is 512 g/mol. The molecule has 0 saturated carbocycles. The van der Waals surface area contributed by atoms with Crippen LogP contribution in [0.15, 0.2) is 24.3 Å². The second-order valence-corrected chi connectivity index (χ2v) is 6.24. The van der Waals surface area contributed by atoms with E-state index in [1.807, 2.05) is 0 Å². The molecule has 0 aliphatic carbocycles. The van der Waals surface area contributed by atoms with Crippen molar-refractivity contribution >= 4 is 11.9 Å². The summed E-state index contributed by atoms with van der Waals surface area (Å²) in [7, 11) is 0. The van der Waals surface area contributed by atoms with Gasteiger partial charge in [-0.2, -0.15) is 57.1 Å². The molecule has 0 radical (unpaired) electrons. The number of hydrogen-bond donors (Lipinski definition) is 1. The van der Waals surface area contributed by atoms with Crippen molar-refractivity contribution in [3.63, 3.8) is 0 Å². The van der Waals surface area contributed by atoms with Crippen molar-refractivity contribution in [2.24, 2.45) is 0 Å². The van der Waals surface area contributed by atoms with E-state index in [4.69, 9.17) is 5.11 Å². The number of alkyl halides is 13. The normalized spacial score (nSPS) is 14.2. The fourth-order valence-corrected chi connectivity index (χ4v) is 2.16. The molecule has 0 fully saturated rings. The van der Waals surface area contributed by atoms with Crippen molar-refractivity contribution in [3.05, 3.63) is 35.4 Å². The van der Waals surface area contributed by atoms with E-state index in [1.165, 1.54) is 0 Å². The maximum atomic E-state index is 13.6. The van der Waals surface area contributed by atoms with Crippen LogP contribution in [-0.4, -0.2) is 59.4 Å². The summed E-state index contributed by atoms with van der Waals surface area (Å²) in [5, 5.41) is 8.84. The number of hydrogen-bond acceptors (Lipinski definition) is 3. The molecule has 0 amide bonds. The second-order valence-electron chi connectivity index (χ2n) is 6.24. The quantitative estimate of drug-likeness (QED) is 0.342. The van der Waals surface area contributed by atoms with Crippen molar-refractivity contribution in [3.8, 4) is 0 Å². The standard InChI is InChI=1S/C16H9F13O4/c17-11(18,5-6-33-10(32)8-4-2-1-3-7(8)9(30)31)12(19,20)13(21,22)14(23,24)15(25,26)16(27,28)29/h1-4H,5-6H2,(H,30,31). The van der Waals surface area contributed by atoms with Gasteiger partial charge < -0.3 is 9.84 Å². The summed E-state index contributed by atoms with van der Waals surface area (Å²) in [6.07, 6.45) is -10.3. The summed E-state index contributed by atoms with van der Waals surface area (Å²) < 4.78 is 173. The fraction of sp³-hybridized carbons (Fsp3) is 0.500. The zero-order valence-corrected chi connectivity index (χ0v) is 15.3. The molecule has 1 aromatic carbocycles. The maximum Gasteiger partial charge on any atom is 0.460 e. The Balaban J connectivity index is 3.12. The third-order valence-corrected chi connectivity index (χ3v) is 4.02. The van der Waals surface area contributed by atoms with Crippen LogP contribution in [-0.2, 0) is 4.74 Å². The first kappa shape index (κ1) is 28.3. The lowest BCUT2D eigenvalue weighted by molar-refractivity contribution is -0.440. The Labute approximate surface area is 173 Å². The van der Waals surface area contributed by atoms with E-state index in [-0.39, 0.29) is 0 Å². The summed E-state index contributed by atoms with van der Waals surface area (Å²) in [4.78, 5) is 22.6. The van der Waals surface area contributed by atoms with Crippen LogP contribution in [0.5, 0.6) is 0 Å². The number of benzene rings is 1.